The summed E-state index contributed by atoms with van der Waals surface area (Å²) >= 11 is 0. The molecular formula is C15H20FNO2. The maximum Gasteiger partial charge on any atom is 0.165 e. The molecule has 0 bridgehead atoms. The summed E-state index contributed by atoms with van der Waals surface area (Å²) in [5, 5.41) is 0. The van der Waals surface area contributed by atoms with Gasteiger partial charge in [-0.15, -0.1) is 0 Å². The number of piperidine rings is 1. The standard InChI is InChI=1S/C15H20FNO2/c16-14-11-13(12-18)5-6-15(14)19-10-4-9-17-7-2-1-3-8-17/h5-6,11-12H,1-4,7-10H2. The molecule has 0 radical (unpaired) electrons. The second kappa shape index (κ2) is 7.24. The van der Waals surface area contributed by atoms with Gasteiger partial charge >= 0.3 is 0 Å². The SMILES string of the molecule is O=Cc1ccc(OCCCN2CCCCC2)c(F)c1. The van der Waals surface area contributed by atoms with Crippen molar-refractivity contribution in [2.24, 2.45) is 0 Å². The van der Waals surface area contributed by atoms with Crippen LogP contribution < -0.4 is 4.74 Å². The lowest BCUT2D eigenvalue weighted by molar-refractivity contribution is 0.112. The average molecular weight is 265 g/mol. The second-order valence-electron chi connectivity index (χ2n) is 4.91. The summed E-state index contributed by atoms with van der Waals surface area (Å²) in [4.78, 5) is 12.9. The summed E-state index contributed by atoms with van der Waals surface area (Å²) in [7, 11) is 0. The topological polar surface area (TPSA) is 29.5 Å². The van der Waals surface area contributed by atoms with Gasteiger partial charge in [0.2, 0.25) is 0 Å². The van der Waals surface area contributed by atoms with Crippen LogP contribution in [0.1, 0.15) is 36.0 Å². The van der Waals surface area contributed by atoms with Crippen molar-refractivity contribution in [1.82, 2.24) is 4.90 Å². The molecule has 1 aromatic carbocycles. The number of likely N-dealkylation sites (tertiary alicyclic amines) is 1. The highest BCUT2D eigenvalue weighted by Crippen LogP contribution is 2.18. The average Bonchev–Trinajstić information content (AvgIpc) is 2.46. The van der Waals surface area contributed by atoms with Crippen molar-refractivity contribution in [3.05, 3.63) is 29.6 Å². The number of hydrogen-bond acceptors (Lipinski definition) is 3. The van der Waals surface area contributed by atoms with Gasteiger partial charge in [0.25, 0.3) is 0 Å². The highest BCUT2D eigenvalue weighted by atomic mass is 19.1. The molecule has 104 valence electrons. The van der Waals surface area contributed by atoms with Crippen molar-refractivity contribution in [2.45, 2.75) is 25.7 Å². The van der Waals surface area contributed by atoms with Crippen LogP contribution >= 0.6 is 0 Å². The van der Waals surface area contributed by atoms with Crippen LogP contribution in [0.2, 0.25) is 0 Å². The fraction of sp³-hybridized carbons (Fsp3) is 0.533. The summed E-state index contributed by atoms with van der Waals surface area (Å²) in [6, 6.07) is 4.28. The van der Waals surface area contributed by atoms with Crippen LogP contribution in [0.4, 0.5) is 4.39 Å². The van der Waals surface area contributed by atoms with Gasteiger partial charge in [-0.1, -0.05) is 6.42 Å². The number of halogens is 1. The molecule has 0 spiro atoms. The Balaban J connectivity index is 1.71. The molecule has 1 aliphatic heterocycles. The van der Waals surface area contributed by atoms with E-state index in [0.717, 1.165) is 13.0 Å². The normalized spacial score (nSPS) is 16.3. The first kappa shape index (κ1) is 14.0. The minimum absolute atomic E-state index is 0.226. The van der Waals surface area contributed by atoms with Crippen molar-refractivity contribution < 1.29 is 13.9 Å². The van der Waals surface area contributed by atoms with E-state index in [4.69, 9.17) is 4.74 Å². The molecule has 0 saturated carbocycles. The van der Waals surface area contributed by atoms with Crippen molar-refractivity contribution in [3.8, 4) is 5.75 Å². The summed E-state index contributed by atoms with van der Waals surface area (Å²) < 4.78 is 18.9. The van der Waals surface area contributed by atoms with E-state index in [9.17, 15) is 9.18 Å². The van der Waals surface area contributed by atoms with Crippen molar-refractivity contribution in [2.75, 3.05) is 26.2 Å². The fourth-order valence-corrected chi connectivity index (χ4v) is 2.36. The van der Waals surface area contributed by atoms with Gasteiger partial charge < -0.3 is 9.64 Å². The first-order valence-corrected chi connectivity index (χ1v) is 6.89. The summed E-state index contributed by atoms with van der Waals surface area (Å²) in [6.45, 7) is 3.85. The van der Waals surface area contributed by atoms with E-state index in [0.29, 0.717) is 18.5 Å². The molecule has 3 nitrogen and oxygen atoms in total. The van der Waals surface area contributed by atoms with E-state index in [1.807, 2.05) is 0 Å². The lowest BCUT2D eigenvalue weighted by Crippen LogP contribution is -2.31. The van der Waals surface area contributed by atoms with Crippen LogP contribution in [0.5, 0.6) is 5.75 Å². The zero-order chi connectivity index (χ0) is 13.5. The van der Waals surface area contributed by atoms with Gasteiger partial charge in [0.05, 0.1) is 6.61 Å². The molecule has 1 fully saturated rings. The second-order valence-corrected chi connectivity index (χ2v) is 4.91. The van der Waals surface area contributed by atoms with Gasteiger partial charge in [0.1, 0.15) is 6.29 Å². The number of ether oxygens (including phenoxy) is 1. The minimum atomic E-state index is -0.470. The van der Waals surface area contributed by atoms with E-state index >= 15 is 0 Å². The van der Waals surface area contributed by atoms with Crippen LogP contribution in [-0.4, -0.2) is 37.4 Å². The van der Waals surface area contributed by atoms with Gasteiger partial charge in [-0.25, -0.2) is 4.39 Å². The Kier molecular flexibility index (Phi) is 5.33. The smallest absolute Gasteiger partial charge is 0.165 e. The van der Waals surface area contributed by atoms with Crippen LogP contribution in [0.3, 0.4) is 0 Å². The Morgan fingerprint density at radius 2 is 2.05 bits per heavy atom. The zero-order valence-electron chi connectivity index (χ0n) is 11.1. The highest BCUT2D eigenvalue weighted by Gasteiger charge is 2.09. The monoisotopic (exact) mass is 265 g/mol. The number of carbonyl (C=O) groups excluding carboxylic acids is 1. The molecule has 1 saturated heterocycles. The molecule has 0 amide bonds. The molecule has 1 aromatic rings. The van der Waals surface area contributed by atoms with Gasteiger partial charge in [-0.05, 0) is 50.6 Å². The quantitative estimate of drug-likeness (QED) is 0.585. The Morgan fingerprint density at radius 3 is 2.74 bits per heavy atom. The van der Waals surface area contributed by atoms with E-state index in [1.54, 1.807) is 6.07 Å². The summed E-state index contributed by atoms with van der Waals surface area (Å²) in [5.74, 6) is -0.244. The molecule has 4 heteroatoms. The van der Waals surface area contributed by atoms with Crippen molar-refractivity contribution >= 4 is 6.29 Å². The zero-order valence-corrected chi connectivity index (χ0v) is 11.1. The maximum atomic E-state index is 13.5. The Bertz CT molecular complexity index is 417. The number of benzene rings is 1. The van der Waals surface area contributed by atoms with E-state index in [1.165, 1.54) is 44.5 Å². The molecular weight excluding hydrogens is 245 g/mol. The van der Waals surface area contributed by atoms with Gasteiger partial charge in [0, 0.05) is 12.1 Å². The fourth-order valence-electron chi connectivity index (χ4n) is 2.36. The maximum absolute atomic E-state index is 13.5. The van der Waals surface area contributed by atoms with Gasteiger partial charge in [0.15, 0.2) is 11.6 Å². The molecule has 0 N–H and O–H groups in total. The first-order chi connectivity index (χ1) is 9.29. The van der Waals surface area contributed by atoms with Crippen LogP contribution in [-0.2, 0) is 0 Å². The Labute approximate surface area is 113 Å². The number of aldehydes is 1. The van der Waals surface area contributed by atoms with Crippen molar-refractivity contribution in [1.29, 1.82) is 0 Å². The summed E-state index contributed by atoms with van der Waals surface area (Å²) in [5.41, 5.74) is 0.332. The number of nitrogens with zero attached hydrogens (tertiary/aromatic N) is 1. The highest BCUT2D eigenvalue weighted by molar-refractivity contribution is 5.74. The Hall–Kier alpha value is -1.42. The van der Waals surface area contributed by atoms with E-state index in [-0.39, 0.29) is 5.75 Å². The first-order valence-electron chi connectivity index (χ1n) is 6.89. The number of hydrogen-bond donors (Lipinski definition) is 0. The molecule has 19 heavy (non-hydrogen) atoms. The minimum Gasteiger partial charge on any atom is -0.490 e. The molecule has 1 heterocycles. The van der Waals surface area contributed by atoms with Crippen molar-refractivity contribution in [3.63, 3.8) is 0 Å². The lowest BCUT2D eigenvalue weighted by Gasteiger charge is -2.26. The molecule has 0 unspecified atom stereocenters. The largest absolute Gasteiger partial charge is 0.490 e. The van der Waals surface area contributed by atoms with Crippen LogP contribution in [0.15, 0.2) is 18.2 Å². The predicted molar refractivity (Wildman–Crippen MR) is 72.2 cm³/mol. The number of carbonyl (C=O) groups is 1. The van der Waals surface area contributed by atoms with E-state index in [2.05, 4.69) is 4.90 Å². The third-order valence-electron chi connectivity index (χ3n) is 3.42. The third-order valence-corrected chi connectivity index (χ3v) is 3.42. The number of rotatable bonds is 6. The molecule has 1 aliphatic rings. The van der Waals surface area contributed by atoms with Gasteiger partial charge in [-0.2, -0.15) is 0 Å². The predicted octanol–water partition coefficient (Wildman–Crippen LogP) is 2.89. The summed E-state index contributed by atoms with van der Waals surface area (Å²) in [6.07, 6.45) is 5.42. The Morgan fingerprint density at radius 1 is 1.26 bits per heavy atom. The molecule has 0 atom stereocenters. The van der Waals surface area contributed by atoms with Crippen LogP contribution in [0, 0.1) is 5.82 Å². The molecule has 0 aliphatic carbocycles. The van der Waals surface area contributed by atoms with Gasteiger partial charge in [-0.3, -0.25) is 4.79 Å². The third kappa shape index (κ3) is 4.31. The van der Waals surface area contributed by atoms with Crippen LogP contribution in [0.25, 0.3) is 0 Å². The molecule has 0 aromatic heterocycles. The van der Waals surface area contributed by atoms with E-state index < -0.39 is 5.82 Å². The lowest BCUT2D eigenvalue weighted by atomic mass is 10.1. The molecule has 2 rings (SSSR count).